The smallest absolute Gasteiger partial charge is 0.323 e. The van der Waals surface area contributed by atoms with Crippen molar-refractivity contribution in [3.63, 3.8) is 0 Å². The van der Waals surface area contributed by atoms with E-state index in [-0.39, 0.29) is 5.60 Å². The molecule has 4 heteroatoms. The molecule has 1 heterocycles. The van der Waals surface area contributed by atoms with Crippen molar-refractivity contribution < 1.29 is 14.6 Å². The first-order valence-corrected chi connectivity index (χ1v) is 5.23. The number of carboxylic acids is 1. The highest BCUT2D eigenvalue weighted by Crippen LogP contribution is 2.42. The molecule has 0 aromatic rings. The quantitative estimate of drug-likeness (QED) is 0.658. The predicted octanol–water partition coefficient (Wildman–Crippen LogP) is 0.892. The Morgan fingerprint density at radius 3 is 2.29 bits per heavy atom. The first-order chi connectivity index (χ1) is 6.56. The summed E-state index contributed by atoms with van der Waals surface area (Å²) in [6.07, 6.45) is 4.86. The molecule has 0 radical (unpaired) electrons. The molecule has 1 aliphatic carbocycles. The summed E-state index contributed by atoms with van der Waals surface area (Å²) in [6.45, 7) is 0.824. The summed E-state index contributed by atoms with van der Waals surface area (Å²) < 4.78 is 5.71. The number of carboxylic acid groups (broad SMARTS) is 1. The largest absolute Gasteiger partial charge is 0.480 e. The van der Waals surface area contributed by atoms with E-state index in [2.05, 4.69) is 0 Å². The Kier molecular flexibility index (Phi) is 2.27. The molecule has 1 spiro atoms. The van der Waals surface area contributed by atoms with Gasteiger partial charge in [0.2, 0.25) is 0 Å². The highest BCUT2D eigenvalue weighted by molar-refractivity contribution is 5.78. The second-order valence-corrected chi connectivity index (χ2v) is 4.60. The third-order valence-electron chi connectivity index (χ3n) is 3.66. The summed E-state index contributed by atoms with van der Waals surface area (Å²) >= 11 is 0. The zero-order chi connectivity index (χ0) is 10.2. The van der Waals surface area contributed by atoms with Crippen molar-refractivity contribution in [2.75, 3.05) is 6.61 Å². The Labute approximate surface area is 83.4 Å². The minimum Gasteiger partial charge on any atom is -0.480 e. The van der Waals surface area contributed by atoms with Gasteiger partial charge in [0.1, 0.15) is 5.54 Å². The Morgan fingerprint density at radius 2 is 1.86 bits per heavy atom. The number of hydrogen-bond donors (Lipinski definition) is 2. The van der Waals surface area contributed by atoms with Crippen molar-refractivity contribution in [3.05, 3.63) is 0 Å². The van der Waals surface area contributed by atoms with Gasteiger partial charge in [-0.25, -0.2) is 0 Å². The van der Waals surface area contributed by atoms with Gasteiger partial charge in [0.15, 0.2) is 0 Å². The van der Waals surface area contributed by atoms with Crippen LogP contribution >= 0.6 is 0 Å². The van der Waals surface area contributed by atoms with Crippen LogP contribution in [0, 0.1) is 0 Å². The van der Waals surface area contributed by atoms with Crippen LogP contribution < -0.4 is 5.73 Å². The van der Waals surface area contributed by atoms with Crippen LogP contribution in [-0.4, -0.2) is 28.8 Å². The molecule has 0 aromatic heterocycles. The molecule has 2 fully saturated rings. The van der Waals surface area contributed by atoms with Crippen molar-refractivity contribution in [1.29, 1.82) is 0 Å². The van der Waals surface area contributed by atoms with Crippen molar-refractivity contribution in [3.8, 4) is 0 Å². The van der Waals surface area contributed by atoms with Crippen LogP contribution in [0.4, 0.5) is 0 Å². The lowest BCUT2D eigenvalue weighted by Crippen LogP contribution is -2.53. The van der Waals surface area contributed by atoms with Crippen LogP contribution in [-0.2, 0) is 9.53 Å². The number of ether oxygens (including phenoxy) is 1. The fourth-order valence-corrected chi connectivity index (χ4v) is 2.52. The van der Waals surface area contributed by atoms with E-state index in [0.717, 1.165) is 32.3 Å². The Hall–Kier alpha value is -0.610. The summed E-state index contributed by atoms with van der Waals surface area (Å²) in [6, 6.07) is 0. The minimum atomic E-state index is -1.00. The Morgan fingerprint density at radius 1 is 1.21 bits per heavy atom. The second kappa shape index (κ2) is 3.21. The zero-order valence-electron chi connectivity index (χ0n) is 8.29. The van der Waals surface area contributed by atoms with Crippen LogP contribution in [0.5, 0.6) is 0 Å². The van der Waals surface area contributed by atoms with E-state index in [9.17, 15) is 4.79 Å². The maximum atomic E-state index is 10.9. The van der Waals surface area contributed by atoms with Gasteiger partial charge in [0.25, 0.3) is 0 Å². The van der Waals surface area contributed by atoms with Gasteiger partial charge in [-0.3, -0.25) is 4.79 Å². The van der Waals surface area contributed by atoms with E-state index in [0.29, 0.717) is 12.8 Å². The van der Waals surface area contributed by atoms with Gasteiger partial charge in [-0.15, -0.1) is 0 Å². The van der Waals surface area contributed by atoms with Gasteiger partial charge in [0.05, 0.1) is 5.60 Å². The maximum Gasteiger partial charge on any atom is 0.323 e. The second-order valence-electron chi connectivity index (χ2n) is 4.60. The topological polar surface area (TPSA) is 72.6 Å². The molecule has 4 nitrogen and oxygen atoms in total. The van der Waals surface area contributed by atoms with Gasteiger partial charge in [-0.05, 0) is 38.5 Å². The summed E-state index contributed by atoms with van der Waals surface area (Å²) in [5.41, 5.74) is 4.77. The normalized spacial score (nSPS) is 42.9. The molecular weight excluding hydrogens is 182 g/mol. The molecule has 2 rings (SSSR count). The van der Waals surface area contributed by atoms with Gasteiger partial charge in [-0.1, -0.05) is 0 Å². The number of aliphatic carboxylic acids is 1. The van der Waals surface area contributed by atoms with Crippen molar-refractivity contribution >= 4 is 5.97 Å². The van der Waals surface area contributed by atoms with E-state index in [1.165, 1.54) is 0 Å². The van der Waals surface area contributed by atoms with Crippen LogP contribution in [0.2, 0.25) is 0 Å². The summed E-state index contributed by atoms with van der Waals surface area (Å²) in [5.74, 6) is -0.870. The Balaban J connectivity index is 2.01. The highest BCUT2D eigenvalue weighted by Gasteiger charge is 2.46. The SMILES string of the molecule is NC1(C(=O)O)CCC2(CCCO2)CC1. The van der Waals surface area contributed by atoms with Crippen LogP contribution in [0.15, 0.2) is 0 Å². The van der Waals surface area contributed by atoms with Gasteiger partial charge in [-0.2, -0.15) is 0 Å². The number of hydrogen-bond acceptors (Lipinski definition) is 3. The summed E-state index contributed by atoms with van der Waals surface area (Å²) in [7, 11) is 0. The van der Waals surface area contributed by atoms with Crippen molar-refractivity contribution in [2.24, 2.45) is 5.73 Å². The molecule has 2 aliphatic rings. The average molecular weight is 199 g/mol. The molecule has 0 bridgehead atoms. The van der Waals surface area contributed by atoms with E-state index in [1.807, 2.05) is 0 Å². The maximum absolute atomic E-state index is 10.9. The molecule has 3 N–H and O–H groups in total. The monoisotopic (exact) mass is 199 g/mol. The fourth-order valence-electron chi connectivity index (χ4n) is 2.52. The van der Waals surface area contributed by atoms with E-state index in [4.69, 9.17) is 15.6 Å². The molecule has 1 saturated heterocycles. The fraction of sp³-hybridized carbons (Fsp3) is 0.900. The molecule has 1 saturated carbocycles. The van der Waals surface area contributed by atoms with Crippen LogP contribution in [0.3, 0.4) is 0 Å². The standard InChI is InChI=1S/C10H17NO3/c11-10(8(12)13)5-3-9(4-6-10)2-1-7-14-9/h1-7,11H2,(H,12,13). The zero-order valence-corrected chi connectivity index (χ0v) is 8.29. The summed E-state index contributed by atoms with van der Waals surface area (Å²) in [5, 5.41) is 8.96. The highest BCUT2D eigenvalue weighted by atomic mass is 16.5. The molecule has 0 atom stereocenters. The van der Waals surface area contributed by atoms with E-state index >= 15 is 0 Å². The first kappa shape index (κ1) is 9.93. The third kappa shape index (κ3) is 1.53. The van der Waals surface area contributed by atoms with Gasteiger partial charge >= 0.3 is 5.97 Å². The molecule has 0 amide bonds. The predicted molar refractivity (Wildman–Crippen MR) is 50.9 cm³/mol. The lowest BCUT2D eigenvalue weighted by Gasteiger charge is -2.39. The van der Waals surface area contributed by atoms with Crippen molar-refractivity contribution in [1.82, 2.24) is 0 Å². The number of nitrogens with two attached hydrogens (primary N) is 1. The summed E-state index contributed by atoms with van der Waals surface area (Å²) in [4.78, 5) is 10.9. The molecular formula is C10H17NO3. The van der Waals surface area contributed by atoms with E-state index < -0.39 is 11.5 Å². The number of rotatable bonds is 1. The average Bonchev–Trinajstić information content (AvgIpc) is 2.60. The van der Waals surface area contributed by atoms with E-state index in [1.54, 1.807) is 0 Å². The lowest BCUT2D eigenvalue weighted by atomic mass is 9.73. The van der Waals surface area contributed by atoms with Gasteiger partial charge < -0.3 is 15.6 Å². The Bertz CT molecular complexity index is 236. The molecule has 0 unspecified atom stereocenters. The van der Waals surface area contributed by atoms with Crippen LogP contribution in [0.25, 0.3) is 0 Å². The van der Waals surface area contributed by atoms with Gasteiger partial charge in [0, 0.05) is 6.61 Å². The molecule has 14 heavy (non-hydrogen) atoms. The van der Waals surface area contributed by atoms with Crippen molar-refractivity contribution in [2.45, 2.75) is 49.7 Å². The molecule has 80 valence electrons. The molecule has 0 aromatic carbocycles. The first-order valence-electron chi connectivity index (χ1n) is 5.23. The van der Waals surface area contributed by atoms with Crippen LogP contribution in [0.1, 0.15) is 38.5 Å². The number of carbonyl (C=O) groups is 1. The minimum absolute atomic E-state index is 0.0294. The lowest BCUT2D eigenvalue weighted by molar-refractivity contribution is -0.147. The molecule has 1 aliphatic heterocycles. The third-order valence-corrected chi connectivity index (χ3v) is 3.66.